The van der Waals surface area contributed by atoms with Crippen molar-refractivity contribution in [3.63, 3.8) is 0 Å². The minimum Gasteiger partial charge on any atom is -0.398 e. The lowest BCUT2D eigenvalue weighted by atomic mass is 10.2. The molecule has 0 saturated heterocycles. The molecule has 90 valence electrons. The molecule has 0 radical (unpaired) electrons. The van der Waals surface area contributed by atoms with Crippen molar-refractivity contribution >= 4 is 31.6 Å². The second-order valence-electron chi connectivity index (χ2n) is 2.91. The number of anilines is 1. The van der Waals surface area contributed by atoms with Crippen molar-refractivity contribution in [2.24, 2.45) is 5.14 Å². The van der Waals surface area contributed by atoms with E-state index in [1.54, 1.807) is 0 Å². The quantitative estimate of drug-likeness (QED) is 0.773. The Balaban J connectivity index is 3.58. The number of sulfonamides is 1. The van der Waals surface area contributed by atoms with Crippen LogP contribution in [0.15, 0.2) is 21.5 Å². The molecular weight excluding hydrogens is 313 g/mol. The highest BCUT2D eigenvalue weighted by Gasteiger charge is 2.34. The fourth-order valence-corrected chi connectivity index (χ4v) is 2.29. The predicted octanol–water partition coefficient (Wildman–Crippen LogP) is 1.70. The van der Waals surface area contributed by atoms with Crippen LogP contribution in [0.25, 0.3) is 0 Å². The Bertz CT molecular complexity index is 527. The van der Waals surface area contributed by atoms with Crippen molar-refractivity contribution in [2.75, 3.05) is 5.73 Å². The Hall–Kier alpha value is -0.800. The summed E-state index contributed by atoms with van der Waals surface area (Å²) in [5, 5.41) is 4.73. The normalized spacial score (nSPS) is 12.8. The number of hydrogen-bond acceptors (Lipinski definition) is 3. The van der Waals surface area contributed by atoms with Crippen LogP contribution < -0.4 is 10.9 Å². The number of benzene rings is 1. The van der Waals surface area contributed by atoms with E-state index in [9.17, 15) is 21.6 Å². The third kappa shape index (κ3) is 2.66. The van der Waals surface area contributed by atoms with Crippen LogP contribution in [-0.2, 0) is 16.2 Å². The molecule has 0 aliphatic rings. The van der Waals surface area contributed by atoms with Gasteiger partial charge in [-0.25, -0.2) is 13.6 Å². The topological polar surface area (TPSA) is 86.2 Å². The summed E-state index contributed by atoms with van der Waals surface area (Å²) in [6, 6.07) is 1.25. The largest absolute Gasteiger partial charge is 0.417 e. The Labute approximate surface area is 97.6 Å². The van der Waals surface area contributed by atoms with Crippen molar-refractivity contribution in [1.82, 2.24) is 0 Å². The van der Waals surface area contributed by atoms with Gasteiger partial charge in [0.1, 0.15) is 4.90 Å². The lowest BCUT2D eigenvalue weighted by molar-refractivity contribution is -0.138. The fraction of sp³-hybridized carbons (Fsp3) is 0.143. The van der Waals surface area contributed by atoms with Crippen LogP contribution in [0.5, 0.6) is 0 Å². The summed E-state index contributed by atoms with van der Waals surface area (Å²) >= 11 is 2.65. The van der Waals surface area contributed by atoms with Crippen LogP contribution in [0.2, 0.25) is 0 Å². The maximum absolute atomic E-state index is 12.4. The molecule has 16 heavy (non-hydrogen) atoms. The minimum absolute atomic E-state index is 0.343. The predicted molar refractivity (Wildman–Crippen MR) is 54.9 cm³/mol. The van der Waals surface area contributed by atoms with Crippen molar-refractivity contribution in [3.05, 3.63) is 22.2 Å². The van der Waals surface area contributed by atoms with Crippen LogP contribution >= 0.6 is 15.9 Å². The molecule has 1 aromatic rings. The Morgan fingerprint density at radius 2 is 1.75 bits per heavy atom. The van der Waals surface area contributed by atoms with Crippen molar-refractivity contribution in [1.29, 1.82) is 0 Å². The number of alkyl halides is 3. The smallest absolute Gasteiger partial charge is 0.398 e. The van der Waals surface area contributed by atoms with Crippen LogP contribution in [0, 0.1) is 0 Å². The van der Waals surface area contributed by atoms with Crippen LogP contribution in [0.4, 0.5) is 18.9 Å². The van der Waals surface area contributed by atoms with Gasteiger partial charge in [0.15, 0.2) is 0 Å². The second-order valence-corrected chi connectivity index (χ2v) is 5.30. The number of halogens is 4. The lowest BCUT2D eigenvalue weighted by Crippen LogP contribution is -2.16. The van der Waals surface area contributed by atoms with E-state index in [-0.39, 0.29) is 10.2 Å². The summed E-state index contributed by atoms with van der Waals surface area (Å²) in [6.45, 7) is 0. The van der Waals surface area contributed by atoms with E-state index in [1.165, 1.54) is 0 Å². The highest BCUT2D eigenvalue weighted by molar-refractivity contribution is 9.10. The van der Waals surface area contributed by atoms with Gasteiger partial charge in [-0.15, -0.1) is 0 Å². The maximum Gasteiger partial charge on any atom is 0.417 e. The van der Waals surface area contributed by atoms with E-state index in [1.807, 2.05) is 0 Å². The van der Waals surface area contributed by atoms with Gasteiger partial charge in [0, 0.05) is 4.47 Å². The summed E-state index contributed by atoms with van der Waals surface area (Å²) in [7, 11) is -4.28. The molecule has 0 amide bonds. The molecule has 4 nitrogen and oxygen atoms in total. The molecule has 0 spiro atoms. The summed E-state index contributed by atoms with van der Waals surface area (Å²) in [5.74, 6) is 0. The van der Waals surface area contributed by atoms with E-state index < -0.39 is 26.7 Å². The zero-order valence-corrected chi connectivity index (χ0v) is 9.95. The molecule has 0 unspecified atom stereocenters. The summed E-state index contributed by atoms with van der Waals surface area (Å²) in [6.07, 6.45) is -4.69. The van der Waals surface area contributed by atoms with Gasteiger partial charge in [0.05, 0.1) is 11.3 Å². The Kier molecular flexibility index (Phi) is 3.23. The third-order valence-electron chi connectivity index (χ3n) is 1.71. The number of rotatable bonds is 1. The second kappa shape index (κ2) is 3.90. The van der Waals surface area contributed by atoms with Gasteiger partial charge in [-0.3, -0.25) is 0 Å². The first-order valence-corrected chi connectivity index (χ1v) is 6.06. The summed E-state index contributed by atoms with van der Waals surface area (Å²) in [4.78, 5) is -0.747. The molecule has 0 bridgehead atoms. The molecule has 1 rings (SSSR count). The van der Waals surface area contributed by atoms with E-state index in [0.29, 0.717) is 6.07 Å². The Morgan fingerprint density at radius 1 is 1.25 bits per heavy atom. The SMILES string of the molecule is Nc1cc(Br)c(C(F)(F)F)cc1S(N)(=O)=O. The average Bonchev–Trinajstić information content (AvgIpc) is 1.97. The van der Waals surface area contributed by atoms with Gasteiger partial charge < -0.3 is 5.73 Å². The van der Waals surface area contributed by atoms with Gasteiger partial charge in [-0.2, -0.15) is 13.2 Å². The van der Waals surface area contributed by atoms with Crippen LogP contribution in [0.1, 0.15) is 5.56 Å². The molecule has 9 heteroatoms. The maximum atomic E-state index is 12.4. The molecule has 0 aliphatic heterocycles. The van der Waals surface area contributed by atoms with Gasteiger partial charge >= 0.3 is 6.18 Å². The monoisotopic (exact) mass is 318 g/mol. The van der Waals surface area contributed by atoms with E-state index >= 15 is 0 Å². The number of nitrogen functional groups attached to an aromatic ring is 1. The third-order valence-corrected chi connectivity index (χ3v) is 3.33. The molecule has 0 heterocycles. The molecule has 0 fully saturated rings. The number of primary sulfonamides is 1. The van der Waals surface area contributed by atoms with Crippen LogP contribution in [-0.4, -0.2) is 8.42 Å². The first kappa shape index (κ1) is 13.3. The Morgan fingerprint density at radius 3 is 2.12 bits per heavy atom. The molecule has 0 saturated carbocycles. The summed E-state index contributed by atoms with van der Waals surface area (Å²) < 4.78 is 58.9. The molecule has 0 atom stereocenters. The van der Waals surface area contributed by atoms with E-state index in [0.717, 1.165) is 6.07 Å². The zero-order valence-electron chi connectivity index (χ0n) is 7.55. The van der Waals surface area contributed by atoms with Crippen LogP contribution in [0.3, 0.4) is 0 Å². The van der Waals surface area contributed by atoms with Gasteiger partial charge in [0.2, 0.25) is 10.0 Å². The summed E-state index contributed by atoms with van der Waals surface area (Å²) in [5.41, 5.74) is 3.77. The fourth-order valence-electron chi connectivity index (χ4n) is 1.03. The highest BCUT2D eigenvalue weighted by Crippen LogP contribution is 2.37. The molecule has 0 aliphatic carbocycles. The van der Waals surface area contributed by atoms with Gasteiger partial charge in [-0.05, 0) is 12.1 Å². The van der Waals surface area contributed by atoms with Crippen molar-refractivity contribution in [3.8, 4) is 0 Å². The van der Waals surface area contributed by atoms with Crippen molar-refractivity contribution in [2.45, 2.75) is 11.1 Å². The highest BCUT2D eigenvalue weighted by atomic mass is 79.9. The standard InChI is InChI=1S/C7H6BrF3N2O2S/c8-4-2-5(12)6(16(13,14)15)1-3(4)7(9,10)11/h1-2H,12H2,(H2,13,14,15). The lowest BCUT2D eigenvalue weighted by Gasteiger charge is -2.12. The first-order chi connectivity index (χ1) is 7.03. The molecule has 1 aromatic carbocycles. The van der Waals surface area contributed by atoms with E-state index in [4.69, 9.17) is 10.9 Å². The average molecular weight is 319 g/mol. The van der Waals surface area contributed by atoms with Crippen molar-refractivity contribution < 1.29 is 21.6 Å². The number of hydrogen-bond donors (Lipinski definition) is 2. The van der Waals surface area contributed by atoms with E-state index in [2.05, 4.69) is 15.9 Å². The van der Waals surface area contributed by atoms with Gasteiger partial charge in [-0.1, -0.05) is 15.9 Å². The van der Waals surface area contributed by atoms with Gasteiger partial charge in [0.25, 0.3) is 0 Å². The molecule has 4 N–H and O–H groups in total. The zero-order chi connectivity index (χ0) is 12.7. The number of nitrogens with two attached hydrogens (primary N) is 2. The minimum atomic E-state index is -4.69. The molecule has 0 aromatic heterocycles. The first-order valence-electron chi connectivity index (χ1n) is 3.72. The molecular formula is C7H6BrF3N2O2S.